The number of nitrogens with zero attached hydrogens (tertiary/aromatic N) is 3. The van der Waals surface area contributed by atoms with E-state index in [0.717, 1.165) is 30.3 Å². The summed E-state index contributed by atoms with van der Waals surface area (Å²) in [6, 6.07) is 0. The van der Waals surface area contributed by atoms with Crippen molar-refractivity contribution in [3.05, 3.63) is 17.5 Å². The Labute approximate surface area is 113 Å². The van der Waals surface area contributed by atoms with Crippen molar-refractivity contribution in [3.8, 4) is 0 Å². The summed E-state index contributed by atoms with van der Waals surface area (Å²) < 4.78 is 1.90. The highest BCUT2D eigenvalue weighted by Gasteiger charge is 2.33. The standard InChI is InChI=1S/C13H22N4S/c1-5-13(6-2)9-18-12(16-13)14-7-11-8-15-17(4)10(11)3/h8H,5-7,9H2,1-4H3,(H,14,16). The third-order valence-electron chi connectivity index (χ3n) is 3.94. The summed E-state index contributed by atoms with van der Waals surface area (Å²) in [5.74, 6) is 1.13. The molecule has 0 unspecified atom stereocenters. The molecule has 1 saturated heterocycles. The Balaban J connectivity index is 2.02. The zero-order chi connectivity index (χ0) is 13.2. The molecule has 5 heteroatoms. The van der Waals surface area contributed by atoms with Gasteiger partial charge in [-0.15, -0.1) is 0 Å². The van der Waals surface area contributed by atoms with Crippen LogP contribution in [0, 0.1) is 6.92 Å². The summed E-state index contributed by atoms with van der Waals surface area (Å²) in [5, 5.41) is 8.91. The molecule has 0 amide bonds. The van der Waals surface area contributed by atoms with E-state index in [1.165, 1.54) is 11.3 Å². The van der Waals surface area contributed by atoms with Crippen LogP contribution < -0.4 is 5.32 Å². The summed E-state index contributed by atoms with van der Waals surface area (Å²) in [7, 11) is 1.97. The van der Waals surface area contributed by atoms with Crippen LogP contribution in [0.15, 0.2) is 11.2 Å². The second kappa shape index (κ2) is 5.34. The van der Waals surface area contributed by atoms with Gasteiger partial charge in [-0.2, -0.15) is 5.10 Å². The SMILES string of the molecule is CCC1(CC)CSC(=NCc2cnn(C)c2C)N1. The molecule has 2 rings (SSSR count). The van der Waals surface area contributed by atoms with Gasteiger partial charge in [0.2, 0.25) is 0 Å². The first-order valence-electron chi connectivity index (χ1n) is 6.53. The summed E-state index contributed by atoms with van der Waals surface area (Å²) >= 11 is 1.84. The van der Waals surface area contributed by atoms with E-state index < -0.39 is 0 Å². The van der Waals surface area contributed by atoms with Crippen LogP contribution in [0.4, 0.5) is 0 Å². The molecule has 1 aromatic heterocycles. The van der Waals surface area contributed by atoms with Gasteiger partial charge in [-0.05, 0) is 19.8 Å². The third kappa shape index (κ3) is 2.55. The van der Waals surface area contributed by atoms with Gasteiger partial charge in [-0.1, -0.05) is 25.6 Å². The molecule has 0 spiro atoms. The molecule has 1 aliphatic heterocycles. The largest absolute Gasteiger partial charge is 0.359 e. The van der Waals surface area contributed by atoms with Crippen molar-refractivity contribution in [1.29, 1.82) is 0 Å². The molecule has 1 aromatic rings. The Hall–Kier alpha value is -0.970. The van der Waals surface area contributed by atoms with Gasteiger partial charge in [0.1, 0.15) is 0 Å². The normalized spacial score (nSPS) is 20.3. The van der Waals surface area contributed by atoms with Crippen molar-refractivity contribution in [1.82, 2.24) is 15.1 Å². The second-order valence-electron chi connectivity index (χ2n) is 4.90. The van der Waals surface area contributed by atoms with Crippen LogP contribution in [0.2, 0.25) is 0 Å². The van der Waals surface area contributed by atoms with E-state index >= 15 is 0 Å². The molecule has 0 atom stereocenters. The summed E-state index contributed by atoms with van der Waals surface area (Å²) in [5.41, 5.74) is 2.66. The number of aromatic nitrogens is 2. The van der Waals surface area contributed by atoms with E-state index in [0.29, 0.717) is 0 Å². The molecule has 1 aliphatic rings. The van der Waals surface area contributed by atoms with Crippen molar-refractivity contribution >= 4 is 16.9 Å². The van der Waals surface area contributed by atoms with E-state index in [1.807, 2.05) is 29.7 Å². The lowest BCUT2D eigenvalue weighted by Crippen LogP contribution is -2.42. The van der Waals surface area contributed by atoms with Gasteiger partial charge in [0.15, 0.2) is 5.17 Å². The molecule has 0 aromatic carbocycles. The minimum absolute atomic E-state index is 0.257. The first kappa shape index (κ1) is 13.5. The summed E-state index contributed by atoms with van der Waals surface area (Å²) in [6.45, 7) is 7.29. The Morgan fingerprint density at radius 1 is 1.50 bits per heavy atom. The van der Waals surface area contributed by atoms with E-state index in [-0.39, 0.29) is 5.54 Å². The van der Waals surface area contributed by atoms with Crippen LogP contribution in [-0.2, 0) is 13.6 Å². The quantitative estimate of drug-likeness (QED) is 0.910. The number of amidine groups is 1. The zero-order valence-electron chi connectivity index (χ0n) is 11.7. The number of nitrogens with one attached hydrogen (secondary N) is 1. The number of hydrogen-bond donors (Lipinski definition) is 1. The third-order valence-corrected chi connectivity index (χ3v) is 5.14. The van der Waals surface area contributed by atoms with Crippen LogP contribution in [0.25, 0.3) is 0 Å². The van der Waals surface area contributed by atoms with Crippen LogP contribution in [-0.4, -0.2) is 26.2 Å². The van der Waals surface area contributed by atoms with Gasteiger partial charge < -0.3 is 5.32 Å². The fourth-order valence-corrected chi connectivity index (χ4v) is 3.42. The van der Waals surface area contributed by atoms with Gasteiger partial charge in [-0.3, -0.25) is 9.67 Å². The minimum atomic E-state index is 0.257. The van der Waals surface area contributed by atoms with E-state index in [2.05, 4.69) is 36.2 Å². The molecule has 0 radical (unpaired) electrons. The maximum atomic E-state index is 4.67. The van der Waals surface area contributed by atoms with Crippen molar-refractivity contribution < 1.29 is 0 Å². The van der Waals surface area contributed by atoms with E-state index in [1.54, 1.807) is 0 Å². The predicted molar refractivity (Wildman–Crippen MR) is 78.0 cm³/mol. The van der Waals surface area contributed by atoms with Crippen LogP contribution in [0.1, 0.15) is 37.9 Å². The lowest BCUT2D eigenvalue weighted by Gasteiger charge is -2.25. The topological polar surface area (TPSA) is 42.2 Å². The Morgan fingerprint density at radius 3 is 2.72 bits per heavy atom. The Kier molecular flexibility index (Phi) is 4.00. The van der Waals surface area contributed by atoms with E-state index in [4.69, 9.17) is 0 Å². The molecule has 1 fully saturated rings. The molecular formula is C13H22N4S. The van der Waals surface area contributed by atoms with Crippen molar-refractivity contribution in [2.75, 3.05) is 5.75 Å². The zero-order valence-corrected chi connectivity index (χ0v) is 12.5. The molecule has 18 heavy (non-hydrogen) atoms. The fourth-order valence-electron chi connectivity index (χ4n) is 2.08. The maximum Gasteiger partial charge on any atom is 0.157 e. The number of aliphatic imine (C=N–C) groups is 1. The summed E-state index contributed by atoms with van der Waals surface area (Å²) in [6.07, 6.45) is 4.22. The van der Waals surface area contributed by atoms with Crippen molar-refractivity contribution in [3.63, 3.8) is 0 Å². The monoisotopic (exact) mass is 266 g/mol. The van der Waals surface area contributed by atoms with Gasteiger partial charge in [0.05, 0.1) is 12.7 Å². The van der Waals surface area contributed by atoms with Gasteiger partial charge in [0, 0.05) is 29.6 Å². The average Bonchev–Trinajstić information content (AvgIpc) is 2.94. The molecule has 4 nitrogen and oxygen atoms in total. The molecule has 0 aliphatic carbocycles. The fraction of sp³-hybridized carbons (Fsp3) is 0.692. The first-order chi connectivity index (χ1) is 8.60. The van der Waals surface area contributed by atoms with Crippen LogP contribution in [0.3, 0.4) is 0 Å². The first-order valence-corrected chi connectivity index (χ1v) is 7.51. The molecule has 100 valence electrons. The van der Waals surface area contributed by atoms with Gasteiger partial charge in [0.25, 0.3) is 0 Å². The molecule has 0 saturated carbocycles. The number of rotatable bonds is 4. The number of thioether (sulfide) groups is 1. The molecule has 0 bridgehead atoms. The highest BCUT2D eigenvalue weighted by molar-refractivity contribution is 8.14. The van der Waals surface area contributed by atoms with Gasteiger partial charge in [-0.25, -0.2) is 0 Å². The van der Waals surface area contributed by atoms with Gasteiger partial charge >= 0.3 is 0 Å². The van der Waals surface area contributed by atoms with E-state index in [9.17, 15) is 0 Å². The Bertz CT molecular complexity index is 446. The van der Waals surface area contributed by atoms with Crippen LogP contribution in [0.5, 0.6) is 0 Å². The highest BCUT2D eigenvalue weighted by atomic mass is 32.2. The Morgan fingerprint density at radius 2 is 2.22 bits per heavy atom. The van der Waals surface area contributed by atoms with Crippen molar-refractivity contribution in [2.24, 2.45) is 12.0 Å². The summed E-state index contributed by atoms with van der Waals surface area (Å²) in [4.78, 5) is 4.67. The average molecular weight is 266 g/mol. The lowest BCUT2D eigenvalue weighted by atomic mass is 9.96. The smallest absolute Gasteiger partial charge is 0.157 e. The molecule has 2 heterocycles. The minimum Gasteiger partial charge on any atom is -0.359 e. The lowest BCUT2D eigenvalue weighted by molar-refractivity contribution is 0.407. The second-order valence-corrected chi connectivity index (χ2v) is 5.87. The predicted octanol–water partition coefficient (Wildman–Crippen LogP) is 2.48. The van der Waals surface area contributed by atoms with Crippen molar-refractivity contribution in [2.45, 2.75) is 45.7 Å². The number of hydrogen-bond acceptors (Lipinski definition) is 3. The van der Waals surface area contributed by atoms with Crippen LogP contribution >= 0.6 is 11.8 Å². The maximum absolute atomic E-state index is 4.67. The molecular weight excluding hydrogens is 244 g/mol. The highest BCUT2D eigenvalue weighted by Crippen LogP contribution is 2.29. The number of aryl methyl sites for hydroxylation is 1. The molecule has 1 N–H and O–H groups in total.